The summed E-state index contributed by atoms with van der Waals surface area (Å²) in [5.41, 5.74) is 0. The molecule has 0 radical (unpaired) electrons. The van der Waals surface area contributed by atoms with E-state index in [1.807, 2.05) is 0 Å². The number of rotatable bonds is 3. The largest absolute Gasteiger partial charge is 0.481 e. The summed E-state index contributed by atoms with van der Waals surface area (Å²) in [6.45, 7) is -0.0467. The highest BCUT2D eigenvalue weighted by atomic mass is 32.2. The van der Waals surface area contributed by atoms with Gasteiger partial charge in [0.25, 0.3) is 0 Å². The molecule has 4 nitrogen and oxygen atoms in total. The van der Waals surface area contributed by atoms with Gasteiger partial charge in [-0.1, -0.05) is 0 Å². The molecule has 94 valence electrons. The predicted molar refractivity (Wildman–Crippen MR) is 51.5 cm³/mol. The van der Waals surface area contributed by atoms with E-state index in [0.717, 1.165) is 0 Å². The second-order valence-corrected chi connectivity index (χ2v) is 5.28. The van der Waals surface area contributed by atoms with Gasteiger partial charge in [-0.2, -0.15) is 13.2 Å². The van der Waals surface area contributed by atoms with Crippen LogP contribution in [0.1, 0.15) is 0 Å². The first kappa shape index (κ1) is 13.4. The summed E-state index contributed by atoms with van der Waals surface area (Å²) in [7, 11) is -0.978. The molecule has 1 aliphatic heterocycles. The molecule has 0 saturated carbocycles. The zero-order valence-corrected chi connectivity index (χ0v) is 9.18. The Kier molecular flexibility index (Phi) is 4.31. The van der Waals surface area contributed by atoms with E-state index in [1.165, 1.54) is 4.90 Å². The fourth-order valence-electron chi connectivity index (χ4n) is 1.44. The number of carboxylic acid groups (broad SMARTS) is 1. The third kappa shape index (κ3) is 3.75. The molecule has 1 rings (SSSR count). The molecule has 16 heavy (non-hydrogen) atoms. The fourth-order valence-corrected chi connectivity index (χ4v) is 2.57. The Balaban J connectivity index is 2.56. The van der Waals surface area contributed by atoms with E-state index >= 15 is 0 Å². The molecule has 1 unspecified atom stereocenters. The summed E-state index contributed by atoms with van der Waals surface area (Å²) >= 11 is 0. The minimum absolute atomic E-state index is 0.256. The lowest BCUT2D eigenvalue weighted by Gasteiger charge is -2.29. The zero-order valence-electron chi connectivity index (χ0n) is 8.37. The van der Waals surface area contributed by atoms with E-state index in [9.17, 15) is 22.2 Å². The van der Waals surface area contributed by atoms with Crippen molar-refractivity contribution in [2.45, 2.75) is 6.18 Å². The van der Waals surface area contributed by atoms with E-state index in [2.05, 4.69) is 0 Å². The van der Waals surface area contributed by atoms with Crippen LogP contribution in [-0.2, 0) is 15.6 Å². The summed E-state index contributed by atoms with van der Waals surface area (Å²) in [6.07, 6.45) is -4.73. The predicted octanol–water partition coefficient (Wildman–Crippen LogP) is 0.314. The maximum atomic E-state index is 12.3. The number of nitrogens with zero attached hydrogens (tertiary/aromatic N) is 1. The summed E-state index contributed by atoms with van der Waals surface area (Å²) in [5, 5.41) is 8.48. The molecule has 1 fully saturated rings. The third-order valence-corrected chi connectivity index (χ3v) is 3.68. The topological polar surface area (TPSA) is 57.6 Å². The van der Waals surface area contributed by atoms with Crippen molar-refractivity contribution >= 4 is 16.8 Å². The highest BCUT2D eigenvalue weighted by molar-refractivity contribution is 7.85. The van der Waals surface area contributed by atoms with Gasteiger partial charge in [0.1, 0.15) is 0 Å². The Morgan fingerprint density at radius 3 is 2.25 bits per heavy atom. The first-order valence-electron chi connectivity index (χ1n) is 4.67. The number of carbonyl (C=O) groups is 1. The Morgan fingerprint density at radius 1 is 1.38 bits per heavy atom. The maximum Gasteiger partial charge on any atom is 0.403 e. The van der Waals surface area contributed by atoms with Crippen LogP contribution in [0.25, 0.3) is 0 Å². The van der Waals surface area contributed by atoms with E-state index in [0.29, 0.717) is 11.5 Å². The molecule has 1 heterocycles. The van der Waals surface area contributed by atoms with Crippen LogP contribution in [0.2, 0.25) is 0 Å². The standard InChI is InChI=1S/C8H12F3NO3S/c9-8(10,11)6(7(13)14)5-12-1-3-16(15)4-2-12/h6H,1-5H2,(H,13,14). The molecule has 1 atom stereocenters. The minimum Gasteiger partial charge on any atom is -0.481 e. The molecular weight excluding hydrogens is 247 g/mol. The van der Waals surface area contributed by atoms with Crippen molar-refractivity contribution in [3.8, 4) is 0 Å². The van der Waals surface area contributed by atoms with Crippen molar-refractivity contribution in [2.24, 2.45) is 5.92 Å². The second kappa shape index (κ2) is 5.13. The van der Waals surface area contributed by atoms with Crippen LogP contribution in [0, 0.1) is 5.92 Å². The van der Waals surface area contributed by atoms with Crippen LogP contribution in [0.5, 0.6) is 0 Å². The quantitative estimate of drug-likeness (QED) is 0.792. The maximum absolute atomic E-state index is 12.3. The van der Waals surface area contributed by atoms with Gasteiger partial charge in [-0.15, -0.1) is 0 Å². The molecule has 0 aromatic carbocycles. The Bertz CT molecular complexity index is 285. The molecule has 0 aliphatic carbocycles. The van der Waals surface area contributed by atoms with Gasteiger partial charge in [-0.05, 0) is 0 Å². The van der Waals surface area contributed by atoms with Gasteiger partial charge in [0.15, 0.2) is 5.92 Å². The van der Waals surface area contributed by atoms with Gasteiger partial charge >= 0.3 is 12.1 Å². The molecule has 1 aliphatic rings. The summed E-state index contributed by atoms with van der Waals surface area (Å²) in [5.74, 6) is -3.60. The number of alkyl halides is 3. The molecule has 1 N–H and O–H groups in total. The number of hydrogen-bond donors (Lipinski definition) is 1. The van der Waals surface area contributed by atoms with E-state index in [1.54, 1.807) is 0 Å². The van der Waals surface area contributed by atoms with Gasteiger partial charge in [0, 0.05) is 41.9 Å². The number of halogens is 3. The first-order valence-corrected chi connectivity index (χ1v) is 6.16. The van der Waals surface area contributed by atoms with E-state index in [-0.39, 0.29) is 13.1 Å². The number of carboxylic acids is 1. The lowest BCUT2D eigenvalue weighted by molar-refractivity contribution is -0.196. The SMILES string of the molecule is O=C(O)C(CN1CCS(=O)CC1)C(F)(F)F. The smallest absolute Gasteiger partial charge is 0.403 e. The zero-order chi connectivity index (χ0) is 12.3. The van der Waals surface area contributed by atoms with Crippen molar-refractivity contribution in [3.63, 3.8) is 0 Å². The van der Waals surface area contributed by atoms with Gasteiger partial charge in [0.2, 0.25) is 0 Å². The van der Waals surface area contributed by atoms with Crippen LogP contribution in [0.3, 0.4) is 0 Å². The van der Waals surface area contributed by atoms with Crippen molar-refractivity contribution in [1.82, 2.24) is 4.90 Å². The Morgan fingerprint density at radius 2 is 1.88 bits per heavy atom. The highest BCUT2D eigenvalue weighted by Crippen LogP contribution is 2.27. The average Bonchev–Trinajstić information content (AvgIpc) is 2.14. The molecule has 0 amide bonds. The van der Waals surface area contributed by atoms with Crippen LogP contribution < -0.4 is 0 Å². The molecule has 1 saturated heterocycles. The van der Waals surface area contributed by atoms with Gasteiger partial charge in [-0.25, -0.2) is 0 Å². The normalized spacial score (nSPS) is 21.9. The molecular formula is C8H12F3NO3S. The monoisotopic (exact) mass is 259 g/mol. The van der Waals surface area contributed by atoms with Crippen LogP contribution in [0.4, 0.5) is 13.2 Å². The summed E-state index contributed by atoms with van der Waals surface area (Å²) in [6, 6.07) is 0. The summed E-state index contributed by atoms with van der Waals surface area (Å²) in [4.78, 5) is 11.9. The fraction of sp³-hybridized carbons (Fsp3) is 0.875. The van der Waals surface area contributed by atoms with Crippen molar-refractivity contribution in [2.75, 3.05) is 31.1 Å². The van der Waals surface area contributed by atoms with Gasteiger partial charge in [0.05, 0.1) is 0 Å². The summed E-state index contributed by atoms with van der Waals surface area (Å²) < 4.78 is 48.0. The lowest BCUT2D eigenvalue weighted by atomic mass is 10.1. The third-order valence-electron chi connectivity index (χ3n) is 2.40. The van der Waals surface area contributed by atoms with Crippen molar-refractivity contribution in [3.05, 3.63) is 0 Å². The van der Waals surface area contributed by atoms with Crippen LogP contribution >= 0.6 is 0 Å². The first-order chi connectivity index (χ1) is 7.30. The average molecular weight is 259 g/mol. The van der Waals surface area contributed by atoms with Gasteiger partial charge in [-0.3, -0.25) is 9.00 Å². The van der Waals surface area contributed by atoms with Crippen LogP contribution in [-0.4, -0.2) is 57.5 Å². The molecule has 0 aromatic heterocycles. The Hall–Kier alpha value is -0.630. The highest BCUT2D eigenvalue weighted by Gasteiger charge is 2.46. The number of hydrogen-bond acceptors (Lipinski definition) is 3. The number of aliphatic carboxylic acids is 1. The van der Waals surface area contributed by atoms with Crippen LogP contribution in [0.15, 0.2) is 0 Å². The van der Waals surface area contributed by atoms with Crippen molar-refractivity contribution < 1.29 is 27.3 Å². The molecule has 0 bridgehead atoms. The lowest BCUT2D eigenvalue weighted by Crippen LogP contribution is -2.46. The van der Waals surface area contributed by atoms with Gasteiger partial charge < -0.3 is 10.0 Å². The van der Waals surface area contributed by atoms with Crippen molar-refractivity contribution in [1.29, 1.82) is 0 Å². The second-order valence-electron chi connectivity index (χ2n) is 3.58. The molecule has 8 heteroatoms. The van der Waals surface area contributed by atoms with E-state index < -0.39 is 35.4 Å². The molecule has 0 spiro atoms. The Labute approximate surface area is 92.9 Å². The van der Waals surface area contributed by atoms with E-state index in [4.69, 9.17) is 5.11 Å². The minimum atomic E-state index is -4.73. The molecule has 0 aromatic rings.